The maximum atomic E-state index is 13.0. The van der Waals surface area contributed by atoms with Gasteiger partial charge in [0.1, 0.15) is 28.7 Å². The van der Waals surface area contributed by atoms with E-state index in [0.29, 0.717) is 22.0 Å². The van der Waals surface area contributed by atoms with E-state index in [1.54, 1.807) is 47.4 Å². The minimum absolute atomic E-state index is 0.0312. The third-order valence-corrected chi connectivity index (χ3v) is 7.92. The van der Waals surface area contributed by atoms with Gasteiger partial charge in [-0.1, -0.05) is 16.9 Å². The molecule has 196 valence electrons. The molecule has 0 aliphatic carbocycles. The zero-order valence-corrected chi connectivity index (χ0v) is 22.0. The Kier molecular flexibility index (Phi) is 7.30. The summed E-state index contributed by atoms with van der Waals surface area (Å²) >= 11 is 3.53. The average molecular weight is 574 g/mol. The van der Waals surface area contributed by atoms with Crippen LogP contribution in [-0.2, 0) is 19.2 Å². The Labute approximate surface area is 227 Å². The number of amides is 2. The average Bonchev–Trinajstić information content (AvgIpc) is 3.55. The first-order chi connectivity index (χ1) is 18.4. The number of rotatable bonds is 9. The Bertz CT molecular complexity index is 1510. The van der Waals surface area contributed by atoms with Crippen LogP contribution in [0.1, 0.15) is 12.7 Å². The Morgan fingerprint density at radius 3 is 2.97 bits per heavy atom. The fraction of sp³-hybridized carbons (Fsp3) is 0.238. The Morgan fingerprint density at radius 2 is 2.24 bits per heavy atom. The van der Waals surface area contributed by atoms with Gasteiger partial charge in [-0.2, -0.15) is 14.5 Å². The van der Waals surface area contributed by atoms with Gasteiger partial charge in [0, 0.05) is 29.5 Å². The topological polar surface area (TPSA) is 190 Å². The molecule has 0 unspecified atom stereocenters. The third kappa shape index (κ3) is 4.94. The molecule has 3 aromatic heterocycles. The number of fused-ring (bicyclic) bond motifs is 2. The number of aliphatic carboxylic acids is 1. The summed E-state index contributed by atoms with van der Waals surface area (Å²) in [6.45, 7) is 1.88. The number of nitrogens with one attached hydrogen (secondary N) is 1. The number of carboxylic acid groups (broad SMARTS) is 1. The van der Waals surface area contributed by atoms with Gasteiger partial charge in [-0.3, -0.25) is 14.5 Å². The van der Waals surface area contributed by atoms with Gasteiger partial charge in [0.05, 0.1) is 6.20 Å². The second-order valence-corrected chi connectivity index (χ2v) is 10.5. The van der Waals surface area contributed by atoms with Crippen molar-refractivity contribution in [2.45, 2.75) is 23.4 Å². The highest BCUT2D eigenvalue weighted by molar-refractivity contribution is 8.02. The molecule has 14 nitrogen and oxygen atoms in total. The maximum absolute atomic E-state index is 13.0. The van der Waals surface area contributed by atoms with E-state index in [-0.39, 0.29) is 29.0 Å². The molecule has 0 spiro atoms. The molecule has 17 heteroatoms. The summed E-state index contributed by atoms with van der Waals surface area (Å²) in [5.74, 6) is -2.24. The van der Waals surface area contributed by atoms with E-state index in [4.69, 9.17) is 10.6 Å². The van der Waals surface area contributed by atoms with Crippen molar-refractivity contribution in [1.82, 2.24) is 34.2 Å². The van der Waals surface area contributed by atoms with Crippen molar-refractivity contribution in [3.05, 3.63) is 53.1 Å². The van der Waals surface area contributed by atoms with Crippen LogP contribution in [0.2, 0.25) is 0 Å². The minimum Gasteiger partial charge on any atom is -0.477 e. The van der Waals surface area contributed by atoms with E-state index < -0.39 is 29.2 Å². The standard InChI is InChI=1S/C21H19N9O5S3/c1-2-35-27-13(16-26-21(22)38-28-16)17(31)25-14-18(32)30-15(20(33)34)10(9-37-19(14)30)5-8-36-12-4-7-29-11(24-12)3-6-23-29/h3-8,14,19H,2,9H2,1H3,(H,25,31)(H,33,34)(H2,22,26,28)/b8-5+,27-13?/t14-,19-/m1/s1. The summed E-state index contributed by atoms with van der Waals surface area (Å²) in [6.07, 6.45) is 5.08. The zero-order chi connectivity index (χ0) is 26.8. The highest BCUT2D eigenvalue weighted by atomic mass is 32.2. The molecule has 2 aliphatic heterocycles. The van der Waals surface area contributed by atoms with E-state index >= 15 is 0 Å². The molecule has 5 heterocycles. The lowest BCUT2D eigenvalue weighted by Gasteiger charge is -2.49. The van der Waals surface area contributed by atoms with Crippen molar-refractivity contribution in [3.8, 4) is 0 Å². The number of aromatic nitrogens is 5. The van der Waals surface area contributed by atoms with Gasteiger partial charge >= 0.3 is 5.97 Å². The highest BCUT2D eigenvalue weighted by Gasteiger charge is 2.54. The lowest BCUT2D eigenvalue weighted by Crippen LogP contribution is -2.71. The van der Waals surface area contributed by atoms with Crippen LogP contribution in [0, 0.1) is 0 Å². The highest BCUT2D eigenvalue weighted by Crippen LogP contribution is 2.41. The van der Waals surface area contributed by atoms with E-state index in [2.05, 4.69) is 29.9 Å². The summed E-state index contributed by atoms with van der Waals surface area (Å²) in [5, 5.41) is 22.3. The van der Waals surface area contributed by atoms with Crippen LogP contribution in [0.4, 0.5) is 5.13 Å². The first kappa shape index (κ1) is 25.7. The Hall–Kier alpha value is -3.96. The molecule has 0 bridgehead atoms. The number of carbonyl (C=O) groups is 3. The predicted molar refractivity (Wildman–Crippen MR) is 140 cm³/mol. The van der Waals surface area contributed by atoms with Crippen molar-refractivity contribution in [3.63, 3.8) is 0 Å². The van der Waals surface area contributed by atoms with Gasteiger partial charge in [-0.05, 0) is 30.0 Å². The molecule has 2 aliphatic rings. The molecule has 0 radical (unpaired) electrons. The first-order valence-electron chi connectivity index (χ1n) is 11.0. The maximum Gasteiger partial charge on any atom is 0.352 e. The number of allylic oxidation sites excluding steroid dienone is 1. The Morgan fingerprint density at radius 1 is 1.39 bits per heavy atom. The van der Waals surface area contributed by atoms with E-state index in [1.165, 1.54) is 28.4 Å². The number of hydrogen-bond acceptors (Lipinski definition) is 13. The molecule has 1 saturated heterocycles. The third-order valence-electron chi connectivity index (χ3n) is 5.33. The second kappa shape index (κ2) is 10.8. The monoisotopic (exact) mass is 573 g/mol. The molecular weight excluding hydrogens is 554 g/mol. The van der Waals surface area contributed by atoms with Gasteiger partial charge in [-0.25, -0.2) is 14.3 Å². The van der Waals surface area contributed by atoms with Crippen LogP contribution in [0.5, 0.6) is 0 Å². The van der Waals surface area contributed by atoms with Crippen molar-refractivity contribution in [2.75, 3.05) is 18.1 Å². The number of β-lactam (4-membered cyclic amide) rings is 1. The van der Waals surface area contributed by atoms with Crippen LogP contribution in [0.15, 0.2) is 57.5 Å². The fourth-order valence-corrected chi connectivity index (χ4v) is 6.08. The molecular formula is C21H19N9O5S3. The first-order valence-corrected chi connectivity index (χ1v) is 13.7. The number of nitrogens with zero attached hydrogens (tertiary/aromatic N) is 7. The SMILES string of the molecule is CCON=C(C(=O)N[C@@H]1C(=O)N2C(C(=O)O)=C(/C=C/Sc3ccn4nccc4n3)CS[C@H]12)c1nsc(N)n1. The fourth-order valence-electron chi connectivity index (χ4n) is 3.67. The number of hydrogen-bond donors (Lipinski definition) is 3. The van der Waals surface area contributed by atoms with Gasteiger partial charge in [-0.15, -0.1) is 11.8 Å². The largest absolute Gasteiger partial charge is 0.477 e. The van der Waals surface area contributed by atoms with Crippen molar-refractivity contribution >= 4 is 69.3 Å². The zero-order valence-electron chi connectivity index (χ0n) is 19.5. The lowest BCUT2D eigenvalue weighted by atomic mass is 10.0. The van der Waals surface area contributed by atoms with Gasteiger partial charge in [0.2, 0.25) is 11.5 Å². The molecule has 2 amide bonds. The predicted octanol–water partition coefficient (Wildman–Crippen LogP) is 0.948. The lowest BCUT2D eigenvalue weighted by molar-refractivity contribution is -0.150. The molecule has 3 aromatic rings. The normalized spacial score (nSPS) is 19.6. The van der Waals surface area contributed by atoms with Gasteiger partial charge < -0.3 is 21.0 Å². The van der Waals surface area contributed by atoms with Crippen molar-refractivity contribution in [2.24, 2.45) is 5.16 Å². The molecule has 4 N–H and O–H groups in total. The van der Waals surface area contributed by atoms with E-state index in [0.717, 1.165) is 11.5 Å². The molecule has 0 aromatic carbocycles. The Balaban J connectivity index is 1.30. The summed E-state index contributed by atoms with van der Waals surface area (Å²) in [6, 6.07) is 2.60. The van der Waals surface area contributed by atoms with Gasteiger partial charge in [0.25, 0.3) is 11.8 Å². The van der Waals surface area contributed by atoms with Crippen LogP contribution in [-0.4, -0.2) is 81.2 Å². The second-order valence-electron chi connectivity index (χ2n) is 7.67. The number of carbonyl (C=O) groups excluding carboxylic acids is 2. The number of nitrogens with two attached hydrogens (primary N) is 1. The molecule has 5 rings (SSSR count). The van der Waals surface area contributed by atoms with Crippen LogP contribution in [0.3, 0.4) is 0 Å². The van der Waals surface area contributed by atoms with Crippen molar-refractivity contribution < 1.29 is 24.3 Å². The minimum atomic E-state index is -1.24. The number of oxime groups is 1. The number of carboxylic acids is 1. The molecule has 1 fully saturated rings. The quantitative estimate of drug-likeness (QED) is 0.108. The number of thioether (sulfide) groups is 2. The van der Waals surface area contributed by atoms with E-state index in [9.17, 15) is 19.5 Å². The number of anilines is 1. The summed E-state index contributed by atoms with van der Waals surface area (Å²) < 4.78 is 5.61. The molecule has 2 atom stereocenters. The van der Waals surface area contributed by atoms with Gasteiger partial charge in [0.15, 0.2) is 10.8 Å². The smallest absolute Gasteiger partial charge is 0.352 e. The van der Waals surface area contributed by atoms with Crippen molar-refractivity contribution in [1.29, 1.82) is 0 Å². The summed E-state index contributed by atoms with van der Waals surface area (Å²) in [7, 11) is 0. The van der Waals surface area contributed by atoms with Crippen LogP contribution >= 0.6 is 35.1 Å². The molecule has 38 heavy (non-hydrogen) atoms. The summed E-state index contributed by atoms with van der Waals surface area (Å²) in [4.78, 5) is 52.6. The van der Waals surface area contributed by atoms with Crippen LogP contribution < -0.4 is 11.1 Å². The summed E-state index contributed by atoms with van der Waals surface area (Å²) in [5.41, 5.74) is 6.41. The number of nitrogen functional groups attached to an aromatic ring is 1. The van der Waals surface area contributed by atoms with E-state index in [1.807, 2.05) is 0 Å². The van der Waals surface area contributed by atoms with Crippen LogP contribution in [0.25, 0.3) is 5.65 Å². The molecule has 0 saturated carbocycles.